The van der Waals surface area contributed by atoms with Gasteiger partial charge in [0.2, 0.25) is 0 Å². The predicted octanol–water partition coefficient (Wildman–Crippen LogP) is 4.72. The molecule has 3 heteroatoms. The third-order valence-corrected chi connectivity index (χ3v) is 3.47. The molecule has 0 radical (unpaired) electrons. The molecule has 2 rings (SSSR count). The van der Waals surface area contributed by atoms with E-state index in [4.69, 9.17) is 0 Å². The maximum Gasteiger partial charge on any atom is 0.106 e. The Hall–Kier alpha value is -1.48. The van der Waals surface area contributed by atoms with Gasteiger partial charge in [-0.3, -0.25) is 4.99 Å². The standard InChI is InChI=1S/C16H17BrN2/c1-3-12-7-5-8-13(4-2)16(12)18-11-14-9-6-10-15(17)19-14/h5-11H,3-4H2,1-2H3/b18-11+. The molecule has 0 amide bonds. The summed E-state index contributed by atoms with van der Waals surface area (Å²) in [4.78, 5) is 9.02. The summed E-state index contributed by atoms with van der Waals surface area (Å²) < 4.78 is 0.830. The van der Waals surface area contributed by atoms with Crippen molar-refractivity contribution in [2.45, 2.75) is 26.7 Å². The highest BCUT2D eigenvalue weighted by Gasteiger charge is 2.04. The number of benzene rings is 1. The van der Waals surface area contributed by atoms with Crippen LogP contribution in [0.5, 0.6) is 0 Å². The highest BCUT2D eigenvalue weighted by atomic mass is 79.9. The first-order valence-electron chi connectivity index (χ1n) is 6.52. The van der Waals surface area contributed by atoms with E-state index < -0.39 is 0 Å². The Labute approximate surface area is 122 Å². The number of aryl methyl sites for hydroxylation is 2. The van der Waals surface area contributed by atoms with Crippen molar-refractivity contribution in [3.05, 3.63) is 57.8 Å². The van der Waals surface area contributed by atoms with Crippen molar-refractivity contribution in [1.29, 1.82) is 0 Å². The summed E-state index contributed by atoms with van der Waals surface area (Å²) in [7, 11) is 0. The molecule has 0 saturated carbocycles. The Morgan fingerprint density at radius 1 is 1.05 bits per heavy atom. The lowest BCUT2D eigenvalue weighted by Gasteiger charge is -2.08. The van der Waals surface area contributed by atoms with Crippen LogP contribution >= 0.6 is 15.9 Å². The summed E-state index contributed by atoms with van der Waals surface area (Å²) in [6.07, 6.45) is 3.82. The Kier molecular flexibility index (Phi) is 4.86. The number of halogens is 1. The van der Waals surface area contributed by atoms with Crippen LogP contribution in [0.4, 0.5) is 5.69 Å². The zero-order valence-corrected chi connectivity index (χ0v) is 12.8. The molecule has 19 heavy (non-hydrogen) atoms. The number of aliphatic imine (C=N–C) groups is 1. The SMILES string of the molecule is CCc1cccc(CC)c1/N=C/c1cccc(Br)n1. The average molecular weight is 317 g/mol. The fourth-order valence-corrected chi connectivity index (χ4v) is 2.36. The van der Waals surface area contributed by atoms with Crippen molar-refractivity contribution >= 4 is 27.8 Å². The summed E-state index contributed by atoms with van der Waals surface area (Å²) in [5.74, 6) is 0. The normalized spacial score (nSPS) is 11.1. The van der Waals surface area contributed by atoms with Gasteiger partial charge >= 0.3 is 0 Å². The summed E-state index contributed by atoms with van der Waals surface area (Å²) in [5, 5.41) is 0. The van der Waals surface area contributed by atoms with Crippen molar-refractivity contribution in [2.24, 2.45) is 4.99 Å². The molecule has 98 valence electrons. The Morgan fingerprint density at radius 2 is 1.68 bits per heavy atom. The molecule has 1 heterocycles. The van der Waals surface area contributed by atoms with Crippen molar-refractivity contribution in [3.63, 3.8) is 0 Å². The number of aromatic nitrogens is 1. The molecule has 0 bridgehead atoms. The Morgan fingerprint density at radius 3 is 2.26 bits per heavy atom. The van der Waals surface area contributed by atoms with E-state index in [1.807, 2.05) is 24.4 Å². The van der Waals surface area contributed by atoms with Gasteiger partial charge in [-0.2, -0.15) is 0 Å². The van der Waals surface area contributed by atoms with E-state index in [0.29, 0.717) is 0 Å². The van der Waals surface area contributed by atoms with E-state index in [-0.39, 0.29) is 0 Å². The second-order valence-electron chi connectivity index (χ2n) is 4.28. The van der Waals surface area contributed by atoms with Crippen LogP contribution in [0.2, 0.25) is 0 Å². The predicted molar refractivity (Wildman–Crippen MR) is 84.4 cm³/mol. The summed E-state index contributed by atoms with van der Waals surface area (Å²) in [6, 6.07) is 12.2. The number of nitrogens with zero attached hydrogens (tertiary/aromatic N) is 2. The van der Waals surface area contributed by atoms with Crippen LogP contribution in [0.3, 0.4) is 0 Å². The van der Waals surface area contributed by atoms with Gasteiger partial charge in [0, 0.05) is 0 Å². The molecule has 0 aliphatic rings. The molecule has 1 aromatic heterocycles. The largest absolute Gasteiger partial charge is 0.254 e. The van der Waals surface area contributed by atoms with Gasteiger partial charge in [0.05, 0.1) is 17.6 Å². The number of hydrogen-bond donors (Lipinski definition) is 0. The van der Waals surface area contributed by atoms with Crippen LogP contribution in [0.1, 0.15) is 30.7 Å². The molecule has 0 N–H and O–H groups in total. The quantitative estimate of drug-likeness (QED) is 0.592. The van der Waals surface area contributed by atoms with Gasteiger partial charge in [-0.05, 0) is 52.0 Å². The van der Waals surface area contributed by atoms with Crippen LogP contribution in [0, 0.1) is 0 Å². The van der Waals surface area contributed by atoms with E-state index in [0.717, 1.165) is 28.8 Å². The third-order valence-electron chi connectivity index (χ3n) is 3.03. The number of rotatable bonds is 4. The molecule has 2 aromatic rings. The maximum atomic E-state index is 4.65. The van der Waals surface area contributed by atoms with Gasteiger partial charge in [0.15, 0.2) is 0 Å². The number of hydrogen-bond acceptors (Lipinski definition) is 2. The first-order valence-corrected chi connectivity index (χ1v) is 7.31. The molecule has 0 unspecified atom stereocenters. The second-order valence-corrected chi connectivity index (χ2v) is 5.09. The number of para-hydroxylation sites is 1. The topological polar surface area (TPSA) is 25.2 Å². The third kappa shape index (κ3) is 3.51. The molecule has 1 aromatic carbocycles. The smallest absolute Gasteiger partial charge is 0.106 e. The molecule has 0 aliphatic heterocycles. The lowest BCUT2D eigenvalue weighted by Crippen LogP contribution is -1.91. The van der Waals surface area contributed by atoms with Crippen molar-refractivity contribution in [2.75, 3.05) is 0 Å². The Balaban J connectivity index is 2.37. The van der Waals surface area contributed by atoms with Crippen LogP contribution in [0.15, 0.2) is 46.0 Å². The lowest BCUT2D eigenvalue weighted by molar-refractivity contribution is 1.08. The van der Waals surface area contributed by atoms with Crippen molar-refractivity contribution in [1.82, 2.24) is 4.98 Å². The van der Waals surface area contributed by atoms with E-state index in [1.165, 1.54) is 11.1 Å². The van der Waals surface area contributed by atoms with Gasteiger partial charge in [0.1, 0.15) is 4.60 Å². The van der Waals surface area contributed by atoms with Crippen LogP contribution < -0.4 is 0 Å². The molecule has 0 spiro atoms. The average Bonchev–Trinajstić information content (AvgIpc) is 2.44. The second kappa shape index (κ2) is 6.62. The minimum atomic E-state index is 0.830. The molecule has 2 nitrogen and oxygen atoms in total. The molecular weight excluding hydrogens is 300 g/mol. The molecular formula is C16H17BrN2. The first-order chi connectivity index (χ1) is 9.24. The summed E-state index contributed by atoms with van der Waals surface area (Å²) >= 11 is 3.37. The van der Waals surface area contributed by atoms with Gasteiger partial charge in [-0.25, -0.2) is 4.98 Å². The van der Waals surface area contributed by atoms with E-state index >= 15 is 0 Å². The zero-order chi connectivity index (χ0) is 13.7. The molecule has 0 fully saturated rings. The van der Waals surface area contributed by atoms with E-state index in [1.54, 1.807) is 0 Å². The van der Waals surface area contributed by atoms with E-state index in [2.05, 4.69) is 58.0 Å². The van der Waals surface area contributed by atoms with Crippen molar-refractivity contribution in [3.8, 4) is 0 Å². The minimum Gasteiger partial charge on any atom is -0.254 e. The van der Waals surface area contributed by atoms with Gasteiger partial charge in [-0.15, -0.1) is 0 Å². The molecule has 0 atom stereocenters. The van der Waals surface area contributed by atoms with Crippen LogP contribution in [-0.4, -0.2) is 11.2 Å². The van der Waals surface area contributed by atoms with Gasteiger partial charge in [0.25, 0.3) is 0 Å². The summed E-state index contributed by atoms with van der Waals surface area (Å²) in [5.41, 5.74) is 4.52. The monoisotopic (exact) mass is 316 g/mol. The summed E-state index contributed by atoms with van der Waals surface area (Å²) in [6.45, 7) is 4.32. The zero-order valence-electron chi connectivity index (χ0n) is 11.2. The Bertz CT molecular complexity index is 569. The first kappa shape index (κ1) is 13.9. The lowest BCUT2D eigenvalue weighted by atomic mass is 10.0. The van der Waals surface area contributed by atoms with E-state index in [9.17, 15) is 0 Å². The molecule has 0 aliphatic carbocycles. The number of pyridine rings is 1. The highest BCUT2D eigenvalue weighted by molar-refractivity contribution is 9.10. The van der Waals surface area contributed by atoms with Crippen LogP contribution in [-0.2, 0) is 12.8 Å². The fourth-order valence-electron chi connectivity index (χ4n) is 2.01. The van der Waals surface area contributed by atoms with Gasteiger partial charge < -0.3 is 0 Å². The molecule has 0 saturated heterocycles. The van der Waals surface area contributed by atoms with Gasteiger partial charge in [-0.1, -0.05) is 38.1 Å². The maximum absolute atomic E-state index is 4.65. The highest BCUT2D eigenvalue weighted by Crippen LogP contribution is 2.25. The van der Waals surface area contributed by atoms with Crippen molar-refractivity contribution < 1.29 is 0 Å². The fraction of sp³-hybridized carbons (Fsp3) is 0.250. The minimum absolute atomic E-state index is 0.830. The van der Waals surface area contributed by atoms with Crippen LogP contribution in [0.25, 0.3) is 0 Å².